The summed E-state index contributed by atoms with van der Waals surface area (Å²) >= 11 is 2.12. The molecule has 0 saturated carbocycles. The third-order valence-electron chi connectivity index (χ3n) is 1.02. The van der Waals surface area contributed by atoms with E-state index in [1.807, 2.05) is 6.92 Å². The molecule has 0 aromatic rings. The van der Waals surface area contributed by atoms with Crippen molar-refractivity contribution in [1.29, 1.82) is 0 Å². The maximum absolute atomic E-state index is 10.6. The van der Waals surface area contributed by atoms with Crippen LogP contribution in [-0.2, 0) is 4.79 Å². The first-order valence-electron chi connectivity index (χ1n) is 2.94. The number of alkyl halides is 1. The van der Waals surface area contributed by atoms with Crippen LogP contribution in [0.4, 0.5) is 0 Å². The van der Waals surface area contributed by atoms with Crippen molar-refractivity contribution in [1.82, 2.24) is 0 Å². The minimum atomic E-state index is 0.0996. The van der Waals surface area contributed by atoms with Crippen molar-refractivity contribution in [3.8, 4) is 0 Å². The zero-order valence-corrected chi connectivity index (χ0v) is 7.88. The van der Waals surface area contributed by atoms with Crippen LogP contribution in [0.15, 0.2) is 0 Å². The summed E-state index contributed by atoms with van der Waals surface area (Å²) in [5.74, 6) is 0.216. The fourth-order valence-electron chi connectivity index (χ4n) is 0.492. The van der Waals surface area contributed by atoms with E-state index in [-0.39, 0.29) is 15.7 Å². The molecule has 0 heterocycles. The first-order chi connectivity index (χ1) is 4.04. The van der Waals surface area contributed by atoms with Crippen molar-refractivity contribution in [2.45, 2.75) is 30.2 Å². The summed E-state index contributed by atoms with van der Waals surface area (Å²) in [4.78, 5) is 10.6. The van der Waals surface area contributed by atoms with E-state index in [2.05, 4.69) is 22.6 Å². The highest BCUT2D eigenvalue weighted by Crippen LogP contribution is 2.08. The van der Waals surface area contributed by atoms with Gasteiger partial charge in [0.15, 0.2) is 0 Å². The standard InChI is InChI=1S/C6H12INO/c1-4(8)3-6(7)5(2)9/h4,6H,3,8H2,1-2H3. The van der Waals surface area contributed by atoms with Crippen molar-refractivity contribution in [2.24, 2.45) is 5.73 Å². The van der Waals surface area contributed by atoms with E-state index in [0.717, 1.165) is 6.42 Å². The van der Waals surface area contributed by atoms with Gasteiger partial charge in [0.25, 0.3) is 0 Å². The molecule has 2 unspecified atom stereocenters. The van der Waals surface area contributed by atoms with Gasteiger partial charge in [0.1, 0.15) is 5.78 Å². The Morgan fingerprint density at radius 1 is 1.78 bits per heavy atom. The van der Waals surface area contributed by atoms with Gasteiger partial charge in [0.2, 0.25) is 0 Å². The largest absolute Gasteiger partial charge is 0.328 e. The predicted octanol–water partition coefficient (Wildman–Crippen LogP) is 1.12. The first kappa shape index (κ1) is 9.36. The molecule has 0 rings (SSSR count). The second kappa shape index (κ2) is 4.22. The number of nitrogens with two attached hydrogens (primary N) is 1. The van der Waals surface area contributed by atoms with Gasteiger partial charge in [-0.15, -0.1) is 0 Å². The minimum absolute atomic E-state index is 0.0996. The second-order valence-electron chi connectivity index (χ2n) is 2.29. The van der Waals surface area contributed by atoms with Gasteiger partial charge in [-0.3, -0.25) is 4.79 Å². The number of carbonyl (C=O) groups is 1. The van der Waals surface area contributed by atoms with E-state index in [9.17, 15) is 4.79 Å². The van der Waals surface area contributed by atoms with E-state index in [0.29, 0.717) is 0 Å². The molecule has 0 radical (unpaired) electrons. The summed E-state index contributed by atoms with van der Waals surface area (Å²) in [6, 6.07) is 0.135. The molecular formula is C6H12INO. The normalized spacial score (nSPS) is 16.9. The van der Waals surface area contributed by atoms with Gasteiger partial charge in [-0.1, -0.05) is 22.6 Å². The Morgan fingerprint density at radius 2 is 2.22 bits per heavy atom. The SMILES string of the molecule is CC(=O)C(I)CC(C)N. The molecule has 0 aromatic carbocycles. The zero-order chi connectivity index (χ0) is 7.44. The number of ketones is 1. The van der Waals surface area contributed by atoms with E-state index < -0.39 is 0 Å². The highest BCUT2D eigenvalue weighted by molar-refractivity contribution is 14.1. The van der Waals surface area contributed by atoms with Crippen LogP contribution in [0.1, 0.15) is 20.3 Å². The number of halogens is 1. The van der Waals surface area contributed by atoms with Crippen LogP contribution in [0.25, 0.3) is 0 Å². The molecule has 0 aliphatic rings. The van der Waals surface area contributed by atoms with Crippen molar-refractivity contribution in [3.05, 3.63) is 0 Å². The van der Waals surface area contributed by atoms with Crippen LogP contribution >= 0.6 is 22.6 Å². The summed E-state index contributed by atoms with van der Waals surface area (Å²) in [5, 5.41) is 0. The van der Waals surface area contributed by atoms with E-state index in [1.54, 1.807) is 6.92 Å². The average Bonchev–Trinajstić information content (AvgIpc) is 1.63. The van der Waals surface area contributed by atoms with E-state index in [1.165, 1.54) is 0 Å². The fraction of sp³-hybridized carbons (Fsp3) is 0.833. The Kier molecular flexibility index (Phi) is 4.39. The molecule has 0 amide bonds. The van der Waals surface area contributed by atoms with Crippen molar-refractivity contribution < 1.29 is 4.79 Å². The molecule has 0 aliphatic heterocycles. The molecule has 0 aliphatic carbocycles. The fourth-order valence-corrected chi connectivity index (χ4v) is 1.29. The number of rotatable bonds is 3. The first-order valence-corrected chi connectivity index (χ1v) is 4.18. The minimum Gasteiger partial charge on any atom is -0.328 e. The van der Waals surface area contributed by atoms with Gasteiger partial charge in [-0.05, 0) is 20.3 Å². The monoisotopic (exact) mass is 241 g/mol. The average molecular weight is 241 g/mol. The van der Waals surface area contributed by atoms with Gasteiger partial charge in [-0.25, -0.2) is 0 Å². The Hall–Kier alpha value is 0.360. The molecule has 0 fully saturated rings. The number of hydrogen-bond donors (Lipinski definition) is 1. The Morgan fingerprint density at radius 3 is 2.33 bits per heavy atom. The molecule has 54 valence electrons. The van der Waals surface area contributed by atoms with E-state index in [4.69, 9.17) is 5.73 Å². The number of carbonyl (C=O) groups excluding carboxylic acids is 1. The highest BCUT2D eigenvalue weighted by Gasteiger charge is 2.10. The molecular weight excluding hydrogens is 229 g/mol. The molecule has 0 saturated heterocycles. The quantitative estimate of drug-likeness (QED) is 0.594. The smallest absolute Gasteiger partial charge is 0.142 e. The lowest BCUT2D eigenvalue weighted by Gasteiger charge is -2.07. The lowest BCUT2D eigenvalue weighted by molar-refractivity contribution is -0.116. The zero-order valence-electron chi connectivity index (χ0n) is 5.73. The molecule has 2 N–H and O–H groups in total. The van der Waals surface area contributed by atoms with Gasteiger partial charge in [-0.2, -0.15) is 0 Å². The molecule has 9 heavy (non-hydrogen) atoms. The summed E-state index contributed by atoms with van der Waals surface area (Å²) < 4.78 is 0.0996. The van der Waals surface area contributed by atoms with Crippen LogP contribution in [0.5, 0.6) is 0 Å². The van der Waals surface area contributed by atoms with E-state index >= 15 is 0 Å². The maximum atomic E-state index is 10.6. The highest BCUT2D eigenvalue weighted by atomic mass is 127. The molecule has 3 heteroatoms. The Bertz CT molecular complexity index is 103. The van der Waals surface area contributed by atoms with Crippen molar-refractivity contribution in [3.63, 3.8) is 0 Å². The summed E-state index contributed by atoms with van der Waals surface area (Å²) in [6.45, 7) is 3.51. The third kappa shape index (κ3) is 4.84. The van der Waals surface area contributed by atoms with Gasteiger partial charge >= 0.3 is 0 Å². The Balaban J connectivity index is 3.50. The van der Waals surface area contributed by atoms with Gasteiger partial charge in [0.05, 0.1) is 3.92 Å². The van der Waals surface area contributed by atoms with Crippen LogP contribution in [0.2, 0.25) is 0 Å². The lowest BCUT2D eigenvalue weighted by Crippen LogP contribution is -2.23. The van der Waals surface area contributed by atoms with Crippen LogP contribution in [0.3, 0.4) is 0 Å². The van der Waals surface area contributed by atoms with Gasteiger partial charge < -0.3 is 5.73 Å². The maximum Gasteiger partial charge on any atom is 0.142 e. The van der Waals surface area contributed by atoms with Crippen molar-refractivity contribution >= 4 is 28.4 Å². The lowest BCUT2D eigenvalue weighted by atomic mass is 10.1. The molecule has 0 bridgehead atoms. The summed E-state index contributed by atoms with van der Waals surface area (Å²) in [7, 11) is 0. The molecule has 0 spiro atoms. The topological polar surface area (TPSA) is 43.1 Å². The summed E-state index contributed by atoms with van der Waals surface area (Å²) in [6.07, 6.45) is 0.788. The predicted molar refractivity (Wildman–Crippen MR) is 46.8 cm³/mol. The second-order valence-corrected chi connectivity index (χ2v) is 3.79. The Labute approximate surface area is 69.3 Å². The van der Waals surface area contributed by atoms with Crippen molar-refractivity contribution in [2.75, 3.05) is 0 Å². The van der Waals surface area contributed by atoms with Crippen LogP contribution in [0, 0.1) is 0 Å². The van der Waals surface area contributed by atoms with Crippen LogP contribution < -0.4 is 5.73 Å². The third-order valence-corrected chi connectivity index (χ3v) is 2.41. The number of hydrogen-bond acceptors (Lipinski definition) is 2. The molecule has 0 aromatic heterocycles. The van der Waals surface area contributed by atoms with Gasteiger partial charge in [0, 0.05) is 6.04 Å². The molecule has 2 atom stereocenters. The number of Topliss-reactive ketones (excluding diaryl/α,β-unsaturated/α-hetero) is 1. The molecule has 2 nitrogen and oxygen atoms in total. The summed E-state index contributed by atoms with van der Waals surface area (Å²) in [5.41, 5.74) is 5.47. The van der Waals surface area contributed by atoms with Crippen LogP contribution in [-0.4, -0.2) is 15.7 Å².